The summed E-state index contributed by atoms with van der Waals surface area (Å²) < 4.78 is 39.0. The van der Waals surface area contributed by atoms with Gasteiger partial charge >= 0.3 is 6.18 Å². The van der Waals surface area contributed by atoms with Gasteiger partial charge < -0.3 is 10.2 Å². The molecule has 0 saturated carbocycles. The van der Waals surface area contributed by atoms with Crippen LogP contribution >= 0.6 is 11.8 Å². The summed E-state index contributed by atoms with van der Waals surface area (Å²) in [6, 6.07) is 2.16. The molecule has 1 atom stereocenters. The van der Waals surface area contributed by atoms with Crippen molar-refractivity contribution in [2.24, 2.45) is 0 Å². The van der Waals surface area contributed by atoms with E-state index in [-0.39, 0.29) is 16.6 Å². The van der Waals surface area contributed by atoms with E-state index in [2.05, 4.69) is 10.2 Å². The summed E-state index contributed by atoms with van der Waals surface area (Å²) in [6.45, 7) is -0.419. The van der Waals surface area contributed by atoms with Crippen molar-refractivity contribution in [3.8, 4) is 0 Å². The van der Waals surface area contributed by atoms with Crippen LogP contribution in [0, 0.1) is 0 Å². The van der Waals surface area contributed by atoms with Gasteiger partial charge in [0, 0.05) is 11.9 Å². The fraction of sp³-hybridized carbons (Fsp3) is 0.400. The Hall–Kier alpha value is -1.32. The molecule has 0 saturated heterocycles. The summed E-state index contributed by atoms with van der Waals surface area (Å²) in [6.07, 6.45) is -4.49. The lowest BCUT2D eigenvalue weighted by Gasteiger charge is -2.08. The van der Waals surface area contributed by atoms with Crippen LogP contribution in [0.15, 0.2) is 23.5 Å². The van der Waals surface area contributed by atoms with E-state index in [1.165, 1.54) is 10.5 Å². The number of rotatable bonds is 4. The highest BCUT2D eigenvalue weighted by molar-refractivity contribution is 7.99. The predicted molar refractivity (Wildman–Crippen MR) is 61.8 cm³/mol. The fourth-order valence-electron chi connectivity index (χ4n) is 1.36. The van der Waals surface area contributed by atoms with E-state index in [4.69, 9.17) is 5.11 Å². The molecule has 0 bridgehead atoms. The van der Waals surface area contributed by atoms with Crippen molar-refractivity contribution in [3.05, 3.63) is 23.9 Å². The number of pyridine rings is 1. The highest BCUT2D eigenvalue weighted by Gasteiger charge is 2.31. The van der Waals surface area contributed by atoms with Crippen molar-refractivity contribution in [3.63, 3.8) is 0 Å². The maximum atomic E-state index is 12.6. The van der Waals surface area contributed by atoms with Gasteiger partial charge in [0.05, 0.1) is 18.3 Å². The van der Waals surface area contributed by atoms with Crippen LogP contribution in [0.2, 0.25) is 0 Å². The Morgan fingerprint density at radius 3 is 2.68 bits per heavy atom. The first-order valence-corrected chi connectivity index (χ1v) is 6.24. The van der Waals surface area contributed by atoms with Crippen LogP contribution in [0.1, 0.15) is 5.56 Å². The Kier molecular flexibility index (Phi) is 3.97. The molecular weight excluding hydrogens is 283 g/mol. The summed E-state index contributed by atoms with van der Waals surface area (Å²) >= 11 is 1.02. The van der Waals surface area contributed by atoms with E-state index < -0.39 is 24.5 Å². The highest BCUT2D eigenvalue weighted by atomic mass is 32.2. The van der Waals surface area contributed by atoms with Crippen LogP contribution in [0.4, 0.5) is 13.2 Å². The van der Waals surface area contributed by atoms with Gasteiger partial charge in [0.25, 0.3) is 0 Å². The second-order valence-electron chi connectivity index (χ2n) is 3.77. The van der Waals surface area contributed by atoms with Crippen molar-refractivity contribution in [1.29, 1.82) is 0 Å². The van der Waals surface area contributed by atoms with E-state index in [0.29, 0.717) is 0 Å². The standard InChI is InChI=1S/C10H10F3N3O2S/c11-10(12,13)6-1-2-8-14-15-9(16(8)3-6)19-5-7(18)4-17/h1-3,7,17-18H,4-5H2. The van der Waals surface area contributed by atoms with Gasteiger partial charge in [-0.3, -0.25) is 4.40 Å². The largest absolute Gasteiger partial charge is 0.417 e. The van der Waals surface area contributed by atoms with Gasteiger partial charge in [-0.05, 0) is 12.1 Å². The lowest BCUT2D eigenvalue weighted by atomic mass is 10.3. The molecule has 0 fully saturated rings. The van der Waals surface area contributed by atoms with Gasteiger partial charge in [-0.1, -0.05) is 11.8 Å². The minimum absolute atomic E-state index is 0.119. The Bertz CT molecular complexity index is 573. The predicted octanol–water partition coefficient (Wildman–Crippen LogP) is 1.19. The van der Waals surface area contributed by atoms with Crippen molar-refractivity contribution in [2.75, 3.05) is 12.4 Å². The number of fused-ring (bicyclic) bond motifs is 1. The maximum Gasteiger partial charge on any atom is 0.417 e. The van der Waals surface area contributed by atoms with Gasteiger partial charge in [-0.15, -0.1) is 10.2 Å². The van der Waals surface area contributed by atoms with Crippen LogP contribution < -0.4 is 0 Å². The molecule has 0 amide bonds. The third-order valence-corrected chi connectivity index (χ3v) is 3.40. The van der Waals surface area contributed by atoms with Crippen molar-refractivity contribution < 1.29 is 23.4 Å². The molecule has 2 rings (SSSR count). The van der Waals surface area contributed by atoms with E-state index in [1.807, 2.05) is 0 Å². The SMILES string of the molecule is OCC(O)CSc1nnc2ccc(C(F)(F)F)cn12. The molecule has 0 aliphatic carbocycles. The second kappa shape index (κ2) is 5.35. The third-order valence-electron chi connectivity index (χ3n) is 2.31. The van der Waals surface area contributed by atoms with Gasteiger partial charge in [0.2, 0.25) is 0 Å². The summed E-state index contributed by atoms with van der Waals surface area (Å²) in [5, 5.41) is 25.6. The molecule has 1 unspecified atom stereocenters. The van der Waals surface area contributed by atoms with Gasteiger partial charge in [-0.25, -0.2) is 0 Å². The average molecular weight is 293 g/mol. The molecule has 0 aromatic carbocycles. The smallest absolute Gasteiger partial charge is 0.394 e. The first kappa shape index (κ1) is 14.1. The monoisotopic (exact) mass is 293 g/mol. The number of aliphatic hydroxyl groups is 2. The van der Waals surface area contributed by atoms with Crippen LogP contribution in [0.3, 0.4) is 0 Å². The summed E-state index contributed by atoms with van der Waals surface area (Å²) in [5.41, 5.74) is -0.515. The van der Waals surface area contributed by atoms with Gasteiger partial charge in [0.15, 0.2) is 10.8 Å². The summed E-state index contributed by atoms with van der Waals surface area (Å²) in [4.78, 5) is 0. The molecule has 0 aliphatic heterocycles. The Labute approximate surface area is 110 Å². The molecule has 2 heterocycles. The van der Waals surface area contributed by atoms with Crippen molar-refractivity contribution in [2.45, 2.75) is 17.4 Å². The van der Waals surface area contributed by atoms with E-state index in [0.717, 1.165) is 24.0 Å². The number of hydrogen-bond acceptors (Lipinski definition) is 5. The topological polar surface area (TPSA) is 70.7 Å². The molecule has 104 valence electrons. The van der Waals surface area contributed by atoms with E-state index >= 15 is 0 Å². The number of halogens is 3. The Morgan fingerprint density at radius 2 is 2.05 bits per heavy atom. The zero-order valence-electron chi connectivity index (χ0n) is 9.50. The van der Waals surface area contributed by atoms with Gasteiger partial charge in [0.1, 0.15) is 0 Å². The van der Waals surface area contributed by atoms with E-state index in [1.54, 1.807) is 0 Å². The number of alkyl halides is 3. The molecule has 0 spiro atoms. The molecular formula is C10H10F3N3O2S. The van der Waals surface area contributed by atoms with E-state index in [9.17, 15) is 18.3 Å². The van der Waals surface area contributed by atoms with Crippen molar-refractivity contribution in [1.82, 2.24) is 14.6 Å². The molecule has 9 heteroatoms. The zero-order valence-corrected chi connectivity index (χ0v) is 10.3. The molecule has 2 N–H and O–H groups in total. The molecule has 0 radical (unpaired) electrons. The number of thioether (sulfide) groups is 1. The first-order chi connectivity index (χ1) is 8.91. The number of nitrogens with zero attached hydrogens (tertiary/aromatic N) is 3. The molecule has 19 heavy (non-hydrogen) atoms. The number of aromatic nitrogens is 3. The van der Waals surface area contributed by atoms with Crippen LogP contribution in [0.5, 0.6) is 0 Å². The minimum atomic E-state index is -4.44. The molecule has 0 aliphatic rings. The Morgan fingerprint density at radius 1 is 1.32 bits per heavy atom. The average Bonchev–Trinajstić information content (AvgIpc) is 2.77. The van der Waals surface area contributed by atoms with Crippen LogP contribution in [-0.2, 0) is 6.18 Å². The van der Waals surface area contributed by atoms with Gasteiger partial charge in [-0.2, -0.15) is 13.2 Å². The first-order valence-electron chi connectivity index (χ1n) is 5.25. The molecule has 2 aromatic heterocycles. The lowest BCUT2D eigenvalue weighted by Crippen LogP contribution is -2.15. The number of hydrogen-bond donors (Lipinski definition) is 2. The minimum Gasteiger partial charge on any atom is -0.394 e. The zero-order chi connectivity index (χ0) is 14.0. The molecule has 5 nitrogen and oxygen atoms in total. The van der Waals surface area contributed by atoms with Crippen LogP contribution in [-0.4, -0.2) is 43.3 Å². The fourth-order valence-corrected chi connectivity index (χ4v) is 2.19. The summed E-state index contributed by atoms with van der Waals surface area (Å²) in [7, 11) is 0. The summed E-state index contributed by atoms with van der Waals surface area (Å²) in [5.74, 6) is 0.119. The maximum absolute atomic E-state index is 12.6. The normalized spacial score (nSPS) is 13.9. The lowest BCUT2D eigenvalue weighted by molar-refractivity contribution is -0.137. The quantitative estimate of drug-likeness (QED) is 0.829. The second-order valence-corrected chi connectivity index (χ2v) is 4.76. The van der Waals surface area contributed by atoms with Crippen LogP contribution in [0.25, 0.3) is 5.65 Å². The highest BCUT2D eigenvalue weighted by Crippen LogP contribution is 2.30. The third kappa shape index (κ3) is 3.17. The van der Waals surface area contributed by atoms with Crippen molar-refractivity contribution >= 4 is 17.4 Å². The number of aliphatic hydroxyl groups excluding tert-OH is 2. The molecule has 2 aromatic rings. The Balaban J connectivity index is 2.30.